The van der Waals surface area contributed by atoms with E-state index in [1.165, 1.54) is 0 Å². The highest BCUT2D eigenvalue weighted by Crippen LogP contribution is 2.15. The first-order chi connectivity index (χ1) is 6.42. The fourth-order valence-corrected chi connectivity index (χ4v) is 1.52. The number of halogens is 1. The van der Waals surface area contributed by atoms with Crippen molar-refractivity contribution in [3.63, 3.8) is 0 Å². The van der Waals surface area contributed by atoms with E-state index >= 15 is 0 Å². The van der Waals surface area contributed by atoms with Crippen LogP contribution in [0.2, 0.25) is 0 Å². The van der Waals surface area contributed by atoms with Crippen LogP contribution in [0, 0.1) is 0 Å². The average molecular weight is 221 g/mol. The van der Waals surface area contributed by atoms with E-state index < -0.39 is 5.60 Å². The van der Waals surface area contributed by atoms with Gasteiger partial charge in [-0.2, -0.15) is 0 Å². The van der Waals surface area contributed by atoms with E-state index in [0.717, 1.165) is 6.42 Å². The Labute approximate surface area is 89.7 Å². The molecule has 0 aromatic carbocycles. The zero-order valence-corrected chi connectivity index (χ0v) is 9.60. The minimum Gasteiger partial charge on any atom is -0.444 e. The number of hydrogen-bond acceptors (Lipinski definition) is 3. The van der Waals surface area contributed by atoms with Crippen LogP contribution in [0.1, 0.15) is 27.2 Å². The van der Waals surface area contributed by atoms with Crippen LogP contribution in [-0.2, 0) is 4.74 Å². The highest BCUT2D eigenvalue weighted by molar-refractivity contribution is 6.13. The summed E-state index contributed by atoms with van der Waals surface area (Å²) >= 11 is 5.48. The molecule has 1 rings (SSSR count). The molecule has 82 valence electrons. The third kappa shape index (κ3) is 3.35. The molecule has 0 radical (unpaired) electrons. The first-order valence-electron chi connectivity index (χ1n) is 4.76. The molecule has 1 saturated heterocycles. The van der Waals surface area contributed by atoms with Gasteiger partial charge in [-0.25, -0.2) is 9.63 Å². The Bertz CT molecular complexity index is 215. The molecule has 0 aromatic heterocycles. The van der Waals surface area contributed by atoms with E-state index in [0.29, 0.717) is 13.1 Å². The summed E-state index contributed by atoms with van der Waals surface area (Å²) in [5.41, 5.74) is -0.427. The number of nitrogens with one attached hydrogen (secondary N) is 1. The second-order valence-electron chi connectivity index (χ2n) is 4.52. The molecular weight excluding hydrogens is 204 g/mol. The fourth-order valence-electron chi connectivity index (χ4n) is 1.34. The number of ether oxygens (including phenoxy) is 1. The van der Waals surface area contributed by atoms with Crippen LogP contribution in [0.25, 0.3) is 0 Å². The molecular formula is C9H17ClN2O2. The van der Waals surface area contributed by atoms with Gasteiger partial charge in [-0.3, -0.25) is 0 Å². The van der Waals surface area contributed by atoms with Crippen molar-refractivity contribution in [3.05, 3.63) is 0 Å². The number of rotatable bonds is 1. The molecule has 0 aromatic rings. The molecule has 1 heterocycles. The Morgan fingerprint density at radius 1 is 1.57 bits per heavy atom. The second-order valence-corrected chi connectivity index (χ2v) is 4.74. The van der Waals surface area contributed by atoms with Gasteiger partial charge in [0.1, 0.15) is 5.60 Å². The lowest BCUT2D eigenvalue weighted by atomic mass is 10.2. The third-order valence-corrected chi connectivity index (χ3v) is 2.30. The lowest BCUT2D eigenvalue weighted by Gasteiger charge is -2.24. The summed E-state index contributed by atoms with van der Waals surface area (Å²) in [7, 11) is 0. The van der Waals surface area contributed by atoms with Crippen LogP contribution in [0.3, 0.4) is 0 Å². The summed E-state index contributed by atoms with van der Waals surface area (Å²) in [5, 5.41) is 0. The van der Waals surface area contributed by atoms with E-state index in [1.54, 1.807) is 4.90 Å². The van der Waals surface area contributed by atoms with Crippen LogP contribution >= 0.6 is 11.8 Å². The second kappa shape index (κ2) is 4.36. The van der Waals surface area contributed by atoms with Gasteiger partial charge in [-0.05, 0) is 39.0 Å². The summed E-state index contributed by atoms with van der Waals surface area (Å²) in [5.74, 6) is 0. The maximum absolute atomic E-state index is 11.6. The van der Waals surface area contributed by atoms with Gasteiger partial charge in [0.15, 0.2) is 0 Å². The van der Waals surface area contributed by atoms with E-state index in [4.69, 9.17) is 16.5 Å². The number of amides is 1. The molecule has 0 saturated carbocycles. The maximum atomic E-state index is 11.6. The van der Waals surface area contributed by atoms with Crippen molar-refractivity contribution in [2.75, 3.05) is 13.1 Å². The number of likely N-dealkylation sites (tertiary alicyclic amines) is 1. The molecule has 14 heavy (non-hydrogen) atoms. The van der Waals surface area contributed by atoms with Gasteiger partial charge in [0.2, 0.25) is 0 Å². The monoisotopic (exact) mass is 220 g/mol. The normalized spacial score (nSPS) is 22.6. The molecule has 1 aliphatic rings. The number of nitrogens with zero attached hydrogens (tertiary/aromatic N) is 1. The minimum atomic E-state index is -0.427. The molecule has 0 bridgehead atoms. The average Bonchev–Trinajstić information content (AvgIpc) is 2.48. The highest BCUT2D eigenvalue weighted by Gasteiger charge is 2.29. The Morgan fingerprint density at radius 2 is 2.21 bits per heavy atom. The van der Waals surface area contributed by atoms with Crippen LogP contribution in [0.5, 0.6) is 0 Å². The van der Waals surface area contributed by atoms with Crippen LogP contribution in [0.15, 0.2) is 0 Å². The lowest BCUT2D eigenvalue weighted by molar-refractivity contribution is 0.0292. The Morgan fingerprint density at radius 3 is 2.64 bits per heavy atom. The molecule has 1 atom stereocenters. The minimum absolute atomic E-state index is 0.184. The summed E-state index contributed by atoms with van der Waals surface area (Å²) < 4.78 is 5.23. The Hall–Kier alpha value is -0.480. The largest absolute Gasteiger partial charge is 0.444 e. The van der Waals surface area contributed by atoms with Gasteiger partial charge in [-0.1, -0.05) is 0 Å². The van der Waals surface area contributed by atoms with Crippen molar-refractivity contribution in [1.82, 2.24) is 9.74 Å². The zero-order valence-electron chi connectivity index (χ0n) is 8.84. The van der Waals surface area contributed by atoms with Crippen molar-refractivity contribution in [2.45, 2.75) is 38.8 Å². The van der Waals surface area contributed by atoms with E-state index in [1.807, 2.05) is 20.8 Å². The quantitative estimate of drug-likeness (QED) is 0.685. The van der Waals surface area contributed by atoms with Crippen molar-refractivity contribution in [2.24, 2.45) is 0 Å². The maximum Gasteiger partial charge on any atom is 0.410 e. The van der Waals surface area contributed by atoms with Gasteiger partial charge in [0.05, 0.1) is 0 Å². The molecule has 1 fully saturated rings. The van der Waals surface area contributed by atoms with Crippen molar-refractivity contribution in [3.8, 4) is 0 Å². The van der Waals surface area contributed by atoms with Gasteiger partial charge in [0, 0.05) is 19.1 Å². The van der Waals surface area contributed by atoms with E-state index in [2.05, 4.69) is 4.84 Å². The van der Waals surface area contributed by atoms with Gasteiger partial charge >= 0.3 is 6.09 Å². The lowest BCUT2D eigenvalue weighted by Crippen LogP contribution is -2.36. The number of carbonyl (C=O) groups excluding carboxylic acids is 1. The van der Waals surface area contributed by atoms with Gasteiger partial charge in [-0.15, -0.1) is 0 Å². The van der Waals surface area contributed by atoms with Crippen molar-refractivity contribution >= 4 is 17.9 Å². The molecule has 5 heteroatoms. The number of carbonyl (C=O) groups is 1. The predicted molar refractivity (Wildman–Crippen MR) is 55.2 cm³/mol. The summed E-state index contributed by atoms with van der Waals surface area (Å²) in [4.78, 5) is 15.9. The third-order valence-electron chi connectivity index (χ3n) is 1.99. The summed E-state index contributed by atoms with van der Waals surface area (Å²) in [6.45, 7) is 6.91. The summed E-state index contributed by atoms with van der Waals surface area (Å²) in [6, 6.07) is 0.184. The van der Waals surface area contributed by atoms with E-state index in [-0.39, 0.29) is 12.1 Å². The van der Waals surface area contributed by atoms with Crippen molar-refractivity contribution < 1.29 is 9.53 Å². The molecule has 0 aliphatic carbocycles. The number of hydrogen-bond donors (Lipinski definition) is 1. The molecule has 4 nitrogen and oxygen atoms in total. The van der Waals surface area contributed by atoms with Crippen LogP contribution in [-0.4, -0.2) is 35.7 Å². The molecule has 0 unspecified atom stereocenters. The van der Waals surface area contributed by atoms with Crippen LogP contribution in [0.4, 0.5) is 4.79 Å². The first kappa shape index (κ1) is 11.6. The standard InChI is InChI=1S/C9H17ClN2O2/c1-9(2,3)14-8(13)12-5-4-7(6-12)11-10/h7,11H,4-6H2,1-3H3/t7-/m1/s1. The fraction of sp³-hybridized carbons (Fsp3) is 0.889. The zero-order chi connectivity index (χ0) is 10.8. The first-order valence-corrected chi connectivity index (χ1v) is 5.14. The predicted octanol–water partition coefficient (Wildman–Crippen LogP) is 1.74. The van der Waals surface area contributed by atoms with Crippen molar-refractivity contribution in [1.29, 1.82) is 0 Å². The highest BCUT2D eigenvalue weighted by atomic mass is 35.5. The molecule has 1 aliphatic heterocycles. The van der Waals surface area contributed by atoms with E-state index in [9.17, 15) is 4.79 Å². The molecule has 1 N–H and O–H groups in total. The van der Waals surface area contributed by atoms with Gasteiger partial charge < -0.3 is 9.64 Å². The van der Waals surface area contributed by atoms with Crippen LogP contribution < -0.4 is 4.84 Å². The molecule has 1 amide bonds. The smallest absolute Gasteiger partial charge is 0.410 e. The SMILES string of the molecule is CC(C)(C)OC(=O)N1CC[C@@H](NCl)C1. The Kier molecular flexibility index (Phi) is 3.61. The van der Waals surface area contributed by atoms with Gasteiger partial charge in [0.25, 0.3) is 0 Å². The molecule has 0 spiro atoms. The summed E-state index contributed by atoms with van der Waals surface area (Å²) in [6.07, 6.45) is 0.620. The Balaban J connectivity index is 2.40. The topological polar surface area (TPSA) is 41.6 Å².